The van der Waals surface area contributed by atoms with Crippen LogP contribution >= 0.6 is 0 Å². The van der Waals surface area contributed by atoms with Crippen LogP contribution in [-0.4, -0.2) is 35.7 Å². The zero-order chi connectivity index (χ0) is 16.5. The molecule has 6 nitrogen and oxygen atoms in total. The Labute approximate surface area is 129 Å². The summed E-state index contributed by atoms with van der Waals surface area (Å²) in [5.41, 5.74) is 0. The molecule has 0 aliphatic carbocycles. The molecule has 0 amide bonds. The minimum absolute atomic E-state index is 0.149. The second-order valence-electron chi connectivity index (χ2n) is 5.17. The number of rotatable bonds is 0. The number of carbonyl (C=O) groups is 4. The molecule has 1 aliphatic heterocycles. The van der Waals surface area contributed by atoms with Crippen LogP contribution in [0.25, 0.3) is 0 Å². The van der Waals surface area contributed by atoms with E-state index in [-0.39, 0.29) is 24.4 Å². The molecule has 6 heteroatoms. The quantitative estimate of drug-likeness (QED) is 0.633. The van der Waals surface area contributed by atoms with Gasteiger partial charge in [0.1, 0.15) is 0 Å². The zero-order valence-corrected chi connectivity index (χ0v) is 12.7. The number of ether oxygens (including phenoxy) is 2. The van der Waals surface area contributed by atoms with E-state index >= 15 is 0 Å². The number of ketones is 2. The van der Waals surface area contributed by atoms with Gasteiger partial charge < -0.3 is 9.47 Å². The first-order valence-electron chi connectivity index (χ1n) is 7.20. The molecule has 0 bridgehead atoms. The van der Waals surface area contributed by atoms with E-state index in [1.165, 1.54) is 0 Å². The van der Waals surface area contributed by atoms with Crippen molar-refractivity contribution < 1.29 is 28.7 Å². The Morgan fingerprint density at radius 2 is 1.09 bits per heavy atom. The smallest absolute Gasteiger partial charge is 0.331 e. The van der Waals surface area contributed by atoms with Crippen LogP contribution in [0.3, 0.4) is 0 Å². The van der Waals surface area contributed by atoms with Crippen molar-refractivity contribution in [3.05, 3.63) is 24.3 Å². The number of hydrogen-bond donors (Lipinski definition) is 0. The molecule has 1 rings (SSSR count). The lowest BCUT2D eigenvalue weighted by Crippen LogP contribution is -2.16. The molecule has 0 N–H and O–H groups in total. The molecule has 0 spiro atoms. The van der Waals surface area contributed by atoms with Crippen LogP contribution in [0.4, 0.5) is 0 Å². The minimum atomic E-state index is -0.615. The fourth-order valence-electron chi connectivity index (χ4n) is 1.77. The van der Waals surface area contributed by atoms with Crippen molar-refractivity contribution in [2.75, 3.05) is 0 Å². The van der Waals surface area contributed by atoms with E-state index in [4.69, 9.17) is 9.47 Å². The van der Waals surface area contributed by atoms with Gasteiger partial charge in [0.05, 0.1) is 12.2 Å². The summed E-state index contributed by atoms with van der Waals surface area (Å²) in [6, 6.07) is 0. The molecule has 2 atom stereocenters. The van der Waals surface area contributed by atoms with Crippen LogP contribution in [-0.2, 0) is 28.7 Å². The van der Waals surface area contributed by atoms with Crippen molar-refractivity contribution in [3.8, 4) is 0 Å². The van der Waals surface area contributed by atoms with Gasteiger partial charge in [-0.05, 0) is 38.8 Å². The number of allylic oxidation sites excluding steroid dienone is 2. The predicted molar refractivity (Wildman–Crippen MR) is 77.9 cm³/mol. The molecule has 1 aliphatic rings. The van der Waals surface area contributed by atoms with Gasteiger partial charge in [-0.15, -0.1) is 0 Å². The normalized spacial score (nSPS) is 28.6. The highest BCUT2D eigenvalue weighted by atomic mass is 16.5. The molecule has 0 aromatic heterocycles. The first kappa shape index (κ1) is 17.8. The molecule has 0 saturated heterocycles. The highest BCUT2D eigenvalue weighted by Gasteiger charge is 2.12. The molecular weight excluding hydrogens is 288 g/mol. The predicted octanol–water partition coefficient (Wildman–Crippen LogP) is 1.67. The Morgan fingerprint density at radius 3 is 1.45 bits per heavy atom. The molecule has 120 valence electrons. The molecule has 0 aromatic carbocycles. The zero-order valence-electron chi connectivity index (χ0n) is 12.7. The van der Waals surface area contributed by atoms with Gasteiger partial charge in [0, 0.05) is 25.0 Å². The van der Waals surface area contributed by atoms with Gasteiger partial charge in [0.25, 0.3) is 0 Å². The molecule has 22 heavy (non-hydrogen) atoms. The molecule has 0 fully saturated rings. The van der Waals surface area contributed by atoms with Gasteiger partial charge in [-0.3, -0.25) is 9.59 Å². The van der Waals surface area contributed by atoms with Crippen LogP contribution in [0.5, 0.6) is 0 Å². The Morgan fingerprint density at radius 1 is 0.727 bits per heavy atom. The fraction of sp³-hybridized carbons (Fsp3) is 0.500. The van der Waals surface area contributed by atoms with Crippen molar-refractivity contribution in [2.24, 2.45) is 0 Å². The first-order valence-corrected chi connectivity index (χ1v) is 7.20. The Kier molecular flexibility index (Phi) is 7.22. The molecule has 0 saturated carbocycles. The third-order valence-corrected chi connectivity index (χ3v) is 3.04. The molecule has 0 aromatic rings. The topological polar surface area (TPSA) is 86.7 Å². The van der Waals surface area contributed by atoms with Crippen LogP contribution in [0.2, 0.25) is 0 Å². The van der Waals surface area contributed by atoms with Crippen molar-refractivity contribution in [1.29, 1.82) is 0 Å². The van der Waals surface area contributed by atoms with Crippen LogP contribution < -0.4 is 0 Å². The van der Waals surface area contributed by atoms with E-state index in [2.05, 4.69) is 0 Å². The summed E-state index contributed by atoms with van der Waals surface area (Å²) in [6.07, 6.45) is 4.51. The lowest BCUT2D eigenvalue weighted by atomic mass is 10.1. The number of esters is 2. The van der Waals surface area contributed by atoms with Crippen molar-refractivity contribution in [1.82, 2.24) is 0 Å². The summed E-state index contributed by atoms with van der Waals surface area (Å²) < 4.78 is 10.1. The SMILES string of the molecule is C[C@H]1CCC(=O)/C=C/C(=O)O[C@@H](C)CCC(=O)/C=C/C(=O)O1. The monoisotopic (exact) mass is 308 g/mol. The fourth-order valence-corrected chi connectivity index (χ4v) is 1.77. The summed E-state index contributed by atoms with van der Waals surface area (Å²) in [6.45, 7) is 3.31. The van der Waals surface area contributed by atoms with Crippen LogP contribution in [0, 0.1) is 0 Å². The second-order valence-corrected chi connectivity index (χ2v) is 5.17. The van der Waals surface area contributed by atoms with Crippen molar-refractivity contribution >= 4 is 23.5 Å². The summed E-state index contributed by atoms with van der Waals surface area (Å²) in [5, 5.41) is 0. The highest BCUT2D eigenvalue weighted by Crippen LogP contribution is 2.07. The summed E-state index contributed by atoms with van der Waals surface area (Å²) in [5.74, 6) is -1.72. The second kappa shape index (κ2) is 8.92. The van der Waals surface area contributed by atoms with Gasteiger partial charge >= 0.3 is 11.9 Å². The van der Waals surface area contributed by atoms with Crippen LogP contribution in [0.15, 0.2) is 24.3 Å². The van der Waals surface area contributed by atoms with Crippen molar-refractivity contribution in [3.63, 3.8) is 0 Å². The largest absolute Gasteiger partial charge is 0.459 e. The Hall–Kier alpha value is -2.24. The Balaban J connectivity index is 2.75. The van der Waals surface area contributed by atoms with Gasteiger partial charge in [-0.1, -0.05) is 0 Å². The van der Waals surface area contributed by atoms with E-state index in [0.29, 0.717) is 12.8 Å². The van der Waals surface area contributed by atoms with Gasteiger partial charge in [0.2, 0.25) is 0 Å². The standard InChI is InChI=1S/C16H20O6/c1-11-3-5-13(17)8-10-16(20)22-12(2)4-6-14(18)7-9-15(19)21-11/h7-12H,3-6H2,1-2H3/b9-7+,10-8+/t11-,12-/m0/s1. The minimum Gasteiger partial charge on any atom is -0.459 e. The van der Waals surface area contributed by atoms with E-state index in [1.807, 2.05) is 0 Å². The third-order valence-electron chi connectivity index (χ3n) is 3.04. The molecule has 1 heterocycles. The van der Waals surface area contributed by atoms with Gasteiger partial charge in [-0.2, -0.15) is 0 Å². The lowest BCUT2D eigenvalue weighted by Gasteiger charge is -2.12. The van der Waals surface area contributed by atoms with E-state index in [1.54, 1.807) is 13.8 Å². The summed E-state index contributed by atoms with van der Waals surface area (Å²) in [7, 11) is 0. The first-order chi connectivity index (χ1) is 10.4. The lowest BCUT2D eigenvalue weighted by molar-refractivity contribution is -0.143. The summed E-state index contributed by atoms with van der Waals surface area (Å²) >= 11 is 0. The third kappa shape index (κ3) is 7.52. The van der Waals surface area contributed by atoms with E-state index < -0.39 is 24.1 Å². The van der Waals surface area contributed by atoms with E-state index in [9.17, 15) is 19.2 Å². The molecule has 0 radical (unpaired) electrons. The molecular formula is C16H20O6. The summed E-state index contributed by atoms with van der Waals surface area (Å²) in [4.78, 5) is 46.1. The van der Waals surface area contributed by atoms with Gasteiger partial charge in [0.15, 0.2) is 11.6 Å². The van der Waals surface area contributed by atoms with Crippen molar-refractivity contribution in [2.45, 2.75) is 51.7 Å². The maximum absolute atomic E-state index is 11.6. The average Bonchev–Trinajstić information content (AvgIpc) is 2.46. The highest BCUT2D eigenvalue weighted by molar-refractivity contribution is 5.96. The molecule has 0 unspecified atom stereocenters. The maximum atomic E-state index is 11.6. The maximum Gasteiger partial charge on any atom is 0.331 e. The number of hydrogen-bond acceptors (Lipinski definition) is 6. The van der Waals surface area contributed by atoms with Crippen LogP contribution in [0.1, 0.15) is 39.5 Å². The number of cyclic esters (lactones) is 2. The number of carbonyl (C=O) groups excluding carboxylic acids is 4. The van der Waals surface area contributed by atoms with Gasteiger partial charge in [-0.25, -0.2) is 9.59 Å². The van der Waals surface area contributed by atoms with E-state index in [0.717, 1.165) is 24.3 Å². The Bertz CT molecular complexity index is 457. The average molecular weight is 308 g/mol.